The van der Waals surface area contributed by atoms with Crippen molar-refractivity contribution in [3.05, 3.63) is 0 Å². The molecule has 0 aliphatic carbocycles. The second-order valence-corrected chi connectivity index (χ2v) is 3.74. The van der Waals surface area contributed by atoms with Gasteiger partial charge in [0.25, 0.3) is 0 Å². The Hall–Kier alpha value is -0.341. The van der Waals surface area contributed by atoms with Gasteiger partial charge >= 0.3 is 23.0 Å². The van der Waals surface area contributed by atoms with E-state index in [9.17, 15) is 4.79 Å². The van der Waals surface area contributed by atoms with Crippen LogP contribution in [0.4, 0.5) is 0 Å². The number of rotatable bonds is 5. The molecule has 0 rings (SSSR count). The van der Waals surface area contributed by atoms with Crippen LogP contribution in [0.1, 0.15) is 0 Å². The zero-order valence-electron chi connectivity index (χ0n) is 8.95. The Bertz CT molecular complexity index is 335. The van der Waals surface area contributed by atoms with Crippen molar-refractivity contribution >= 4 is 16.4 Å². The van der Waals surface area contributed by atoms with E-state index in [0.29, 0.717) is 0 Å². The summed E-state index contributed by atoms with van der Waals surface area (Å²) in [6, 6.07) is 0. The minimum atomic E-state index is -5.17. The molecule has 4 atom stereocenters. The average molecular weight is 356 g/mol. The SMILES string of the molecule is O=C(O)[C@H](O)[C@@H](O)[C@H](O)[C@H](O)CO.O=S(=O)([O-])[O-].[Cu+2]. The second kappa shape index (κ2) is 10.4. The summed E-state index contributed by atoms with van der Waals surface area (Å²) in [4.78, 5) is 10.1. The van der Waals surface area contributed by atoms with E-state index in [2.05, 4.69) is 0 Å². The maximum Gasteiger partial charge on any atom is 2.00 e. The molecule has 0 saturated carbocycles. The smallest absolute Gasteiger partial charge is 0.759 e. The van der Waals surface area contributed by atoms with E-state index in [-0.39, 0.29) is 17.1 Å². The molecule has 13 heteroatoms. The molecular weight excluding hydrogens is 344 g/mol. The van der Waals surface area contributed by atoms with Gasteiger partial charge < -0.3 is 39.7 Å². The average Bonchev–Trinajstić information content (AvgIpc) is 2.22. The first-order valence-corrected chi connectivity index (χ1v) is 5.47. The third-order valence-electron chi connectivity index (χ3n) is 1.51. The zero-order valence-corrected chi connectivity index (χ0v) is 10.7. The first kappa shape index (κ1) is 23.7. The third kappa shape index (κ3) is 13.9. The summed E-state index contributed by atoms with van der Waals surface area (Å²) in [6.45, 7) is -0.843. The molecule has 1 radical (unpaired) electrons. The van der Waals surface area contributed by atoms with Gasteiger partial charge in [0.15, 0.2) is 6.10 Å². The maximum absolute atomic E-state index is 10.1. The fourth-order valence-corrected chi connectivity index (χ4v) is 0.668. The van der Waals surface area contributed by atoms with E-state index >= 15 is 0 Å². The molecule has 0 aliphatic rings. The molecule has 11 nitrogen and oxygen atoms in total. The van der Waals surface area contributed by atoms with Crippen molar-refractivity contribution in [1.82, 2.24) is 0 Å². The number of carboxylic acids is 1. The van der Waals surface area contributed by atoms with Crippen molar-refractivity contribution in [3.63, 3.8) is 0 Å². The third-order valence-corrected chi connectivity index (χ3v) is 1.51. The second-order valence-electron chi connectivity index (χ2n) is 2.92. The van der Waals surface area contributed by atoms with E-state index in [1.165, 1.54) is 0 Å². The van der Waals surface area contributed by atoms with Crippen molar-refractivity contribution in [2.45, 2.75) is 24.4 Å². The number of hydrogen-bond donors (Lipinski definition) is 6. The summed E-state index contributed by atoms with van der Waals surface area (Å²) in [5.41, 5.74) is 0. The van der Waals surface area contributed by atoms with Gasteiger partial charge in [0.05, 0.1) is 6.61 Å². The van der Waals surface area contributed by atoms with Gasteiger partial charge in [0.1, 0.15) is 18.3 Å². The molecule has 119 valence electrons. The van der Waals surface area contributed by atoms with Gasteiger partial charge in [-0.15, -0.1) is 0 Å². The number of aliphatic hydroxyl groups excluding tert-OH is 5. The van der Waals surface area contributed by atoms with Crippen molar-refractivity contribution in [1.29, 1.82) is 0 Å². The molecule has 0 bridgehead atoms. The molecule has 0 unspecified atom stereocenters. The van der Waals surface area contributed by atoms with Crippen molar-refractivity contribution in [2.75, 3.05) is 6.61 Å². The van der Waals surface area contributed by atoms with Crippen molar-refractivity contribution in [2.24, 2.45) is 0 Å². The van der Waals surface area contributed by atoms with Crippen LogP contribution in [0.3, 0.4) is 0 Å². The number of aliphatic carboxylic acids is 1. The van der Waals surface area contributed by atoms with Crippen LogP contribution in [0.5, 0.6) is 0 Å². The zero-order chi connectivity index (χ0) is 15.1. The van der Waals surface area contributed by atoms with Crippen LogP contribution in [-0.4, -0.2) is 85.2 Å². The largest absolute Gasteiger partial charge is 2.00 e. The summed E-state index contributed by atoms with van der Waals surface area (Å²) in [7, 11) is -5.17. The molecule has 0 spiro atoms. The molecule has 19 heavy (non-hydrogen) atoms. The predicted molar refractivity (Wildman–Crippen MR) is 49.2 cm³/mol. The molecule has 0 aromatic heterocycles. The first-order valence-electron chi connectivity index (χ1n) is 4.14. The molecule has 0 fully saturated rings. The first-order chi connectivity index (χ1) is 7.91. The van der Waals surface area contributed by atoms with Gasteiger partial charge in [-0.1, -0.05) is 0 Å². The molecule has 0 aromatic carbocycles. The van der Waals surface area contributed by atoms with Gasteiger partial charge in [-0.2, -0.15) is 0 Å². The van der Waals surface area contributed by atoms with Crippen molar-refractivity contribution < 1.29 is 70.0 Å². The molecule has 6 N–H and O–H groups in total. The van der Waals surface area contributed by atoms with Gasteiger partial charge in [-0.25, -0.2) is 4.79 Å². The summed E-state index contributed by atoms with van der Waals surface area (Å²) >= 11 is 0. The Balaban J connectivity index is -0.000000366. The van der Waals surface area contributed by atoms with Gasteiger partial charge in [-0.05, 0) is 0 Å². The quantitative estimate of drug-likeness (QED) is 0.156. The van der Waals surface area contributed by atoms with Crippen LogP contribution >= 0.6 is 0 Å². The van der Waals surface area contributed by atoms with Gasteiger partial charge in [0, 0.05) is 10.4 Å². The van der Waals surface area contributed by atoms with Crippen LogP contribution in [0.2, 0.25) is 0 Å². The van der Waals surface area contributed by atoms with Crippen molar-refractivity contribution in [3.8, 4) is 0 Å². The van der Waals surface area contributed by atoms with Gasteiger partial charge in [-0.3, -0.25) is 8.42 Å². The van der Waals surface area contributed by atoms with Crippen LogP contribution < -0.4 is 0 Å². The fraction of sp³-hybridized carbons (Fsp3) is 0.833. The monoisotopic (exact) mass is 355 g/mol. The van der Waals surface area contributed by atoms with E-state index < -0.39 is 47.4 Å². The number of hydrogen-bond acceptors (Lipinski definition) is 10. The molecular formula is C6H12CuO11S. The molecule has 0 aliphatic heterocycles. The number of carboxylic acid groups (broad SMARTS) is 1. The van der Waals surface area contributed by atoms with E-state index in [4.69, 9.17) is 48.2 Å². The number of aliphatic hydroxyl groups is 5. The van der Waals surface area contributed by atoms with Gasteiger partial charge in [0.2, 0.25) is 0 Å². The Labute approximate surface area is 118 Å². The Morgan fingerprint density at radius 1 is 1.05 bits per heavy atom. The normalized spacial score (nSPS) is 17.0. The topological polar surface area (TPSA) is 219 Å². The van der Waals surface area contributed by atoms with Crippen LogP contribution in [0, 0.1) is 0 Å². The molecule has 0 saturated heterocycles. The Kier molecular flexibility index (Phi) is 13.0. The summed E-state index contributed by atoms with van der Waals surface area (Å²) < 4.78 is 34.1. The standard InChI is InChI=1S/C6H12O7.Cu.H2O4S/c7-1-2(8)3(9)4(10)5(11)6(12)13;;1-5(2,3)4/h2-5,7-11H,1H2,(H,12,13);;(H2,1,2,3,4)/q;+2;/p-2/t2-,3-,4+,5-;;/m1../s1. The van der Waals surface area contributed by atoms with E-state index in [0.717, 1.165) is 0 Å². The summed E-state index contributed by atoms with van der Waals surface area (Å²) in [5.74, 6) is -1.73. The van der Waals surface area contributed by atoms with E-state index in [1.807, 2.05) is 0 Å². The predicted octanol–water partition coefficient (Wildman–Crippen LogP) is -4.83. The molecule has 0 heterocycles. The van der Waals surface area contributed by atoms with Crippen LogP contribution in [0.25, 0.3) is 0 Å². The summed E-state index contributed by atoms with van der Waals surface area (Å²) in [5, 5.41) is 51.8. The summed E-state index contributed by atoms with van der Waals surface area (Å²) in [6.07, 6.45) is -7.84. The maximum atomic E-state index is 10.1. The number of carbonyl (C=O) groups is 1. The minimum Gasteiger partial charge on any atom is -0.759 e. The van der Waals surface area contributed by atoms with E-state index in [1.54, 1.807) is 0 Å². The fourth-order valence-electron chi connectivity index (χ4n) is 0.668. The Morgan fingerprint density at radius 2 is 1.37 bits per heavy atom. The Morgan fingerprint density at radius 3 is 1.58 bits per heavy atom. The van der Waals surface area contributed by atoms with Crippen LogP contribution in [-0.2, 0) is 32.3 Å². The molecule has 0 amide bonds. The minimum absolute atomic E-state index is 0. The molecule has 0 aromatic rings. The van der Waals surface area contributed by atoms with Crippen LogP contribution in [0.15, 0.2) is 0 Å².